The normalized spacial score (nSPS) is 6.57. The van der Waals surface area contributed by atoms with E-state index in [1.807, 2.05) is 14.1 Å². The van der Waals surface area contributed by atoms with Crippen molar-refractivity contribution in [1.29, 1.82) is 0 Å². The molecule has 2 nitrogen and oxygen atoms in total. The topological polar surface area (TPSA) is 29.3 Å². The van der Waals surface area contributed by atoms with Crippen LogP contribution in [0.5, 0.6) is 0 Å². The van der Waals surface area contributed by atoms with Crippen LogP contribution in [0.25, 0.3) is 0 Å². The average Bonchev–Trinajstić information content (AvgIpc) is 1.36. The second-order valence-electron chi connectivity index (χ2n) is 1.23. The van der Waals surface area contributed by atoms with E-state index in [1.54, 1.807) is 4.90 Å². The summed E-state index contributed by atoms with van der Waals surface area (Å²) in [6.45, 7) is 0. The van der Waals surface area contributed by atoms with Crippen LogP contribution in [0.1, 0.15) is 0 Å². The van der Waals surface area contributed by atoms with Crippen LogP contribution in [-0.4, -0.2) is 24.1 Å². The molecule has 0 saturated carbocycles. The van der Waals surface area contributed by atoms with Gasteiger partial charge in [0.1, 0.15) is 0 Å². The molecule has 47 valence electrons. The fourth-order valence-corrected chi connectivity index (χ4v) is 0. The molecule has 0 amide bonds. The summed E-state index contributed by atoms with van der Waals surface area (Å²) in [7, 11) is 3.62. The van der Waals surface area contributed by atoms with Gasteiger partial charge in [-0.05, 0) is 12.2 Å². The second-order valence-corrected chi connectivity index (χ2v) is 1.65. The van der Waals surface area contributed by atoms with E-state index in [-0.39, 0.29) is 17.1 Å². The molecular weight excluding hydrogens is 160 g/mol. The number of hydrogen-bond acceptors (Lipinski definition) is 1. The van der Waals surface area contributed by atoms with Crippen molar-refractivity contribution < 1.29 is 17.1 Å². The molecule has 0 aromatic rings. The molecule has 1 radical (unpaired) electrons. The summed E-state index contributed by atoms with van der Waals surface area (Å²) in [5.74, 6) is 0. The molecule has 0 saturated heterocycles. The molecule has 0 aromatic carbocycles. The zero-order valence-electron chi connectivity index (χ0n) is 4.23. The first-order valence-electron chi connectivity index (χ1n) is 1.61. The van der Waals surface area contributed by atoms with Crippen molar-refractivity contribution in [3.8, 4) is 0 Å². The van der Waals surface area contributed by atoms with E-state index in [2.05, 4.69) is 12.2 Å². The van der Waals surface area contributed by atoms with E-state index >= 15 is 0 Å². The van der Waals surface area contributed by atoms with E-state index in [0.29, 0.717) is 5.11 Å². The zero-order valence-corrected chi connectivity index (χ0v) is 5.99. The van der Waals surface area contributed by atoms with Crippen LogP contribution in [0.3, 0.4) is 0 Å². The predicted octanol–water partition coefficient (Wildman–Crippen LogP) is -0.211. The monoisotopic (exact) mass is 167 g/mol. The maximum Gasteiger partial charge on any atom is 0.165 e. The van der Waals surface area contributed by atoms with Gasteiger partial charge < -0.3 is 10.6 Å². The molecular formula is C3H8CuN2S. The maximum atomic E-state index is 5.09. The smallest absolute Gasteiger partial charge is 0.165 e. The zero-order chi connectivity index (χ0) is 5.15. The molecule has 0 aliphatic heterocycles. The summed E-state index contributed by atoms with van der Waals surface area (Å²) in [5.41, 5.74) is 5.09. The first-order chi connectivity index (χ1) is 2.64. The molecule has 0 atom stereocenters. The van der Waals surface area contributed by atoms with E-state index in [4.69, 9.17) is 5.73 Å². The Hall–Kier alpha value is 0.209. The number of nitrogens with zero attached hydrogens (tertiary/aromatic N) is 1. The van der Waals surface area contributed by atoms with Crippen molar-refractivity contribution in [2.45, 2.75) is 0 Å². The summed E-state index contributed by atoms with van der Waals surface area (Å²) in [6.07, 6.45) is 0. The van der Waals surface area contributed by atoms with Crippen LogP contribution in [0, 0.1) is 0 Å². The summed E-state index contributed by atoms with van der Waals surface area (Å²) >= 11 is 4.52. The number of thiocarbonyl (C=S) groups is 1. The fraction of sp³-hybridized carbons (Fsp3) is 0.667. The Morgan fingerprint density at radius 2 is 1.71 bits per heavy atom. The molecule has 0 aromatic heterocycles. The molecule has 0 aliphatic carbocycles. The minimum Gasteiger partial charge on any atom is -0.376 e. The van der Waals surface area contributed by atoms with Crippen LogP contribution < -0.4 is 5.73 Å². The van der Waals surface area contributed by atoms with Gasteiger partial charge in [-0.25, -0.2) is 0 Å². The standard InChI is InChI=1S/C3H8N2S.Cu/c1-5(2)3(4)6;/h1-2H3,(H2,4,6);. The van der Waals surface area contributed by atoms with Crippen LogP contribution >= 0.6 is 12.2 Å². The first-order valence-corrected chi connectivity index (χ1v) is 2.02. The molecule has 4 heteroatoms. The van der Waals surface area contributed by atoms with Gasteiger partial charge >= 0.3 is 0 Å². The molecule has 0 fully saturated rings. The molecule has 0 unspecified atom stereocenters. The Morgan fingerprint density at radius 3 is 1.71 bits per heavy atom. The predicted molar refractivity (Wildman–Crippen MR) is 30.5 cm³/mol. The molecule has 0 rings (SSSR count). The number of nitrogens with two attached hydrogens (primary N) is 1. The van der Waals surface area contributed by atoms with Gasteiger partial charge in [0.25, 0.3) is 0 Å². The SMILES string of the molecule is CN(C)C(N)=S.[Cu]. The average molecular weight is 168 g/mol. The van der Waals surface area contributed by atoms with Gasteiger partial charge in [-0.1, -0.05) is 0 Å². The fourth-order valence-electron chi connectivity index (χ4n) is 0. The van der Waals surface area contributed by atoms with Crippen LogP contribution in [-0.2, 0) is 17.1 Å². The van der Waals surface area contributed by atoms with Crippen molar-refractivity contribution in [2.24, 2.45) is 5.73 Å². The Balaban J connectivity index is 0. The third-order valence-electron chi connectivity index (χ3n) is 0.441. The summed E-state index contributed by atoms with van der Waals surface area (Å²) in [5, 5.41) is 0.426. The van der Waals surface area contributed by atoms with Gasteiger partial charge in [-0.15, -0.1) is 0 Å². The van der Waals surface area contributed by atoms with Gasteiger partial charge in [0.2, 0.25) is 0 Å². The van der Waals surface area contributed by atoms with Gasteiger partial charge in [-0.3, -0.25) is 0 Å². The number of rotatable bonds is 0. The summed E-state index contributed by atoms with van der Waals surface area (Å²) in [4.78, 5) is 1.68. The van der Waals surface area contributed by atoms with Gasteiger partial charge in [-0.2, -0.15) is 0 Å². The van der Waals surface area contributed by atoms with Crippen LogP contribution in [0.2, 0.25) is 0 Å². The van der Waals surface area contributed by atoms with Gasteiger partial charge in [0.15, 0.2) is 5.11 Å². The van der Waals surface area contributed by atoms with Crippen molar-refractivity contribution in [3.63, 3.8) is 0 Å². The Kier molecular flexibility index (Phi) is 6.40. The Labute approximate surface area is 59.5 Å². The minimum absolute atomic E-state index is 0. The largest absolute Gasteiger partial charge is 0.376 e. The molecule has 7 heavy (non-hydrogen) atoms. The molecule has 0 spiro atoms. The minimum atomic E-state index is 0. The van der Waals surface area contributed by atoms with Gasteiger partial charge in [0.05, 0.1) is 0 Å². The van der Waals surface area contributed by atoms with E-state index < -0.39 is 0 Å². The Morgan fingerprint density at radius 1 is 1.57 bits per heavy atom. The molecule has 0 heterocycles. The Bertz CT molecular complexity index is 64.0. The van der Waals surface area contributed by atoms with Gasteiger partial charge in [0, 0.05) is 31.2 Å². The number of hydrogen-bond donors (Lipinski definition) is 1. The van der Waals surface area contributed by atoms with Crippen molar-refractivity contribution >= 4 is 17.3 Å². The van der Waals surface area contributed by atoms with E-state index in [0.717, 1.165) is 0 Å². The molecule has 2 N–H and O–H groups in total. The van der Waals surface area contributed by atoms with Crippen LogP contribution in [0.15, 0.2) is 0 Å². The quantitative estimate of drug-likeness (QED) is 0.400. The molecule has 0 aliphatic rings. The van der Waals surface area contributed by atoms with Crippen LogP contribution in [0.4, 0.5) is 0 Å². The van der Waals surface area contributed by atoms with Crippen molar-refractivity contribution in [1.82, 2.24) is 4.90 Å². The second kappa shape index (κ2) is 4.37. The van der Waals surface area contributed by atoms with Crippen molar-refractivity contribution in [3.05, 3.63) is 0 Å². The first kappa shape index (κ1) is 10.2. The third-order valence-corrected chi connectivity index (χ3v) is 0.806. The summed E-state index contributed by atoms with van der Waals surface area (Å²) in [6, 6.07) is 0. The van der Waals surface area contributed by atoms with Crippen molar-refractivity contribution in [2.75, 3.05) is 14.1 Å². The third kappa shape index (κ3) is 6.21. The van der Waals surface area contributed by atoms with E-state index in [9.17, 15) is 0 Å². The molecule has 0 bridgehead atoms. The maximum absolute atomic E-state index is 5.09. The summed E-state index contributed by atoms with van der Waals surface area (Å²) < 4.78 is 0. The van der Waals surface area contributed by atoms with E-state index in [1.165, 1.54) is 0 Å².